The van der Waals surface area contributed by atoms with Gasteiger partial charge in [0.2, 0.25) is 0 Å². The van der Waals surface area contributed by atoms with Gasteiger partial charge in [0.15, 0.2) is 0 Å². The number of hydrogen-bond acceptors (Lipinski definition) is 2. The molecule has 28 heavy (non-hydrogen) atoms. The smallest absolute Gasteiger partial charge is 0.416 e. The Morgan fingerprint density at radius 3 is 2.39 bits per heavy atom. The van der Waals surface area contributed by atoms with Gasteiger partial charge in [0, 0.05) is 0 Å². The Kier molecular flexibility index (Phi) is 15.0. The van der Waals surface area contributed by atoms with Crippen molar-refractivity contribution in [3.63, 3.8) is 0 Å². The summed E-state index contributed by atoms with van der Waals surface area (Å²) < 4.78 is 48.1. The van der Waals surface area contributed by atoms with Gasteiger partial charge in [-0.15, -0.1) is 0 Å². The quantitative estimate of drug-likeness (QED) is 0.259. The van der Waals surface area contributed by atoms with Crippen LogP contribution in [0.5, 0.6) is 0 Å². The molecule has 0 aromatic heterocycles. The Labute approximate surface area is 168 Å². The molecule has 0 N–H and O–H groups in total. The Morgan fingerprint density at radius 2 is 1.86 bits per heavy atom. The van der Waals surface area contributed by atoms with Gasteiger partial charge in [0.25, 0.3) is 0 Å². The Bertz CT molecular complexity index is 535. The zero-order chi connectivity index (χ0) is 21.3. The van der Waals surface area contributed by atoms with Crippen molar-refractivity contribution in [3.8, 4) is 0 Å². The summed E-state index contributed by atoms with van der Waals surface area (Å²) in [5.74, 6) is 0.965. The minimum atomic E-state index is -4.32. The molecule has 0 saturated heterocycles. The van der Waals surface area contributed by atoms with Crippen LogP contribution in [0.4, 0.5) is 13.2 Å². The third-order valence-corrected chi connectivity index (χ3v) is 4.01. The van der Waals surface area contributed by atoms with Gasteiger partial charge < -0.3 is 9.47 Å². The van der Waals surface area contributed by atoms with Crippen LogP contribution >= 0.6 is 0 Å². The maximum atomic E-state index is 12.7. The predicted molar refractivity (Wildman–Crippen MR) is 111 cm³/mol. The average Bonchev–Trinajstić information content (AvgIpc) is 3.07. The van der Waals surface area contributed by atoms with E-state index in [1.54, 1.807) is 25.5 Å². The van der Waals surface area contributed by atoms with Gasteiger partial charge in [0.05, 0.1) is 25.6 Å². The number of rotatable bonds is 6. The van der Waals surface area contributed by atoms with Crippen LogP contribution in [0.1, 0.15) is 59.3 Å². The number of methoxy groups -OCH3 is 1. The van der Waals surface area contributed by atoms with Crippen LogP contribution in [-0.2, 0) is 9.47 Å². The van der Waals surface area contributed by atoms with Crippen molar-refractivity contribution in [2.75, 3.05) is 13.7 Å². The molecule has 0 heterocycles. The molecule has 5 heteroatoms. The zero-order valence-corrected chi connectivity index (χ0v) is 17.6. The van der Waals surface area contributed by atoms with Crippen molar-refractivity contribution in [2.45, 2.75) is 65.5 Å². The molecule has 2 aliphatic carbocycles. The lowest BCUT2D eigenvalue weighted by atomic mass is 10.1. The van der Waals surface area contributed by atoms with E-state index in [-0.39, 0.29) is 12.2 Å². The fraction of sp³-hybridized carbons (Fsp3) is 0.565. The van der Waals surface area contributed by atoms with Crippen LogP contribution in [-0.4, -0.2) is 19.9 Å². The molecule has 0 bridgehead atoms. The third-order valence-electron chi connectivity index (χ3n) is 4.01. The molecule has 0 atom stereocenters. The fourth-order valence-electron chi connectivity index (χ4n) is 2.75. The Hall–Kier alpha value is -1.91. The molecule has 2 nitrogen and oxygen atoms in total. The second-order valence-corrected chi connectivity index (χ2v) is 6.16. The van der Waals surface area contributed by atoms with Crippen molar-refractivity contribution in [3.05, 3.63) is 60.1 Å². The highest BCUT2D eigenvalue weighted by molar-refractivity contribution is 5.33. The number of hydrogen-bond donors (Lipinski definition) is 0. The standard InChI is InChI=1S/C17H21F3O.C4H8O.C2H6/c18-17(19,20)15-10-3-4-11-16(13-15)21-12-6-5-9-14-7-1-2-8-14;1-3-4-5-2;1-2/h4-5,9-11,13-14H,1-3,6-8,12H2;3-4H,1-2H3;1-2H3/b9-5+;4-3+;. The molecule has 0 unspecified atom stereocenters. The number of allylic oxidation sites excluding steroid dienone is 7. The monoisotopic (exact) mass is 400 g/mol. The van der Waals surface area contributed by atoms with Gasteiger partial charge in [-0.3, -0.25) is 0 Å². The van der Waals surface area contributed by atoms with Crippen LogP contribution < -0.4 is 0 Å². The van der Waals surface area contributed by atoms with E-state index in [1.807, 2.05) is 26.8 Å². The summed E-state index contributed by atoms with van der Waals surface area (Å²) in [7, 11) is 1.62. The van der Waals surface area contributed by atoms with E-state index in [9.17, 15) is 13.2 Å². The molecule has 0 aromatic carbocycles. The Balaban J connectivity index is 0.000000906. The molecule has 0 spiro atoms. The first-order chi connectivity index (χ1) is 13.5. The lowest BCUT2D eigenvalue weighted by Crippen LogP contribution is -2.10. The molecule has 2 aliphatic rings. The van der Waals surface area contributed by atoms with Crippen molar-refractivity contribution in [1.82, 2.24) is 0 Å². The third kappa shape index (κ3) is 12.5. The highest BCUT2D eigenvalue weighted by atomic mass is 19.4. The van der Waals surface area contributed by atoms with Crippen LogP contribution in [0.3, 0.4) is 0 Å². The summed E-state index contributed by atoms with van der Waals surface area (Å²) in [5.41, 5.74) is -0.635. The fourth-order valence-corrected chi connectivity index (χ4v) is 2.75. The molecule has 1 fully saturated rings. The summed E-state index contributed by atoms with van der Waals surface area (Å²) in [5, 5.41) is 0. The SMILES string of the molecule is C/C=C/OC.CC.FC(F)(F)C1=CCC=CC(OCC/C=C/C2CCCC2)=C1. The molecule has 2 rings (SSSR count). The van der Waals surface area contributed by atoms with Crippen molar-refractivity contribution in [1.29, 1.82) is 0 Å². The highest BCUT2D eigenvalue weighted by Crippen LogP contribution is 2.29. The normalized spacial score (nSPS) is 17.2. The predicted octanol–water partition coefficient (Wildman–Crippen LogP) is 7.66. The van der Waals surface area contributed by atoms with Crippen LogP contribution in [0.25, 0.3) is 0 Å². The van der Waals surface area contributed by atoms with Gasteiger partial charge in [-0.25, -0.2) is 0 Å². The van der Waals surface area contributed by atoms with Crippen LogP contribution in [0.2, 0.25) is 0 Å². The summed E-state index contributed by atoms with van der Waals surface area (Å²) in [6.45, 7) is 6.31. The molecule has 0 aromatic rings. The van der Waals surface area contributed by atoms with E-state index in [2.05, 4.69) is 16.9 Å². The van der Waals surface area contributed by atoms with E-state index in [4.69, 9.17) is 4.74 Å². The van der Waals surface area contributed by atoms with E-state index < -0.39 is 11.7 Å². The first kappa shape index (κ1) is 26.1. The van der Waals surface area contributed by atoms with E-state index in [1.165, 1.54) is 31.8 Å². The minimum absolute atomic E-state index is 0.278. The van der Waals surface area contributed by atoms with E-state index >= 15 is 0 Å². The van der Waals surface area contributed by atoms with E-state index in [0.717, 1.165) is 12.5 Å². The summed E-state index contributed by atoms with van der Waals surface area (Å²) in [4.78, 5) is 0. The lowest BCUT2D eigenvalue weighted by molar-refractivity contribution is -0.0886. The van der Waals surface area contributed by atoms with Gasteiger partial charge in [0.1, 0.15) is 5.76 Å². The van der Waals surface area contributed by atoms with Gasteiger partial charge in [-0.05, 0) is 50.7 Å². The molecule has 1 saturated carbocycles. The van der Waals surface area contributed by atoms with Crippen LogP contribution in [0.15, 0.2) is 60.1 Å². The lowest BCUT2D eigenvalue weighted by Gasteiger charge is -2.09. The molecule has 160 valence electrons. The maximum absolute atomic E-state index is 12.7. The summed E-state index contributed by atoms with van der Waals surface area (Å²) >= 11 is 0. The maximum Gasteiger partial charge on any atom is 0.416 e. The minimum Gasteiger partial charge on any atom is -0.505 e. The molecular formula is C23H35F3O2. The largest absolute Gasteiger partial charge is 0.505 e. The second kappa shape index (κ2) is 16.1. The van der Waals surface area contributed by atoms with Crippen LogP contribution in [0, 0.1) is 5.92 Å². The number of alkyl halides is 3. The molecule has 0 aliphatic heterocycles. The second-order valence-electron chi connectivity index (χ2n) is 6.16. The summed E-state index contributed by atoms with van der Waals surface area (Å²) in [6, 6.07) is 0. The highest BCUT2D eigenvalue weighted by Gasteiger charge is 2.32. The van der Waals surface area contributed by atoms with E-state index in [0.29, 0.717) is 12.5 Å². The first-order valence-electron chi connectivity index (χ1n) is 10.1. The van der Waals surface area contributed by atoms with Gasteiger partial charge >= 0.3 is 6.18 Å². The topological polar surface area (TPSA) is 18.5 Å². The van der Waals surface area contributed by atoms with Crippen molar-refractivity contribution < 1.29 is 22.6 Å². The van der Waals surface area contributed by atoms with Crippen molar-refractivity contribution >= 4 is 0 Å². The summed E-state index contributed by atoms with van der Waals surface area (Å²) in [6.07, 6.45) is 15.1. The molecule has 0 radical (unpaired) electrons. The first-order valence-corrected chi connectivity index (χ1v) is 10.1. The zero-order valence-electron chi connectivity index (χ0n) is 17.6. The molecular weight excluding hydrogens is 365 g/mol. The molecule has 0 amide bonds. The van der Waals surface area contributed by atoms with Crippen molar-refractivity contribution in [2.24, 2.45) is 5.92 Å². The Morgan fingerprint density at radius 1 is 1.18 bits per heavy atom. The number of ether oxygens (including phenoxy) is 2. The number of halogens is 3. The average molecular weight is 401 g/mol. The van der Waals surface area contributed by atoms with Gasteiger partial charge in [-0.2, -0.15) is 13.2 Å². The van der Waals surface area contributed by atoms with Gasteiger partial charge in [-0.1, -0.05) is 57.1 Å².